The number of hydrogen-bond acceptors (Lipinski definition) is 6. The van der Waals surface area contributed by atoms with Gasteiger partial charge in [0.15, 0.2) is 0 Å². The lowest BCUT2D eigenvalue weighted by atomic mass is 9.94. The molecular weight excluding hydrogens is 479 g/mol. The molecule has 0 saturated carbocycles. The van der Waals surface area contributed by atoms with Gasteiger partial charge in [0.05, 0.1) is 11.7 Å². The molecule has 1 aliphatic heterocycles. The molecule has 8 nitrogen and oxygen atoms in total. The van der Waals surface area contributed by atoms with Crippen LogP contribution in [0.1, 0.15) is 30.7 Å². The molecule has 1 saturated heterocycles. The highest BCUT2D eigenvalue weighted by atomic mass is 32.2. The Morgan fingerprint density at radius 3 is 2.50 bits per heavy atom. The Bertz CT molecular complexity index is 1370. The van der Waals surface area contributed by atoms with E-state index in [0.29, 0.717) is 28.4 Å². The van der Waals surface area contributed by atoms with Crippen molar-refractivity contribution in [1.29, 1.82) is 0 Å². The highest BCUT2D eigenvalue weighted by molar-refractivity contribution is 7.89. The zero-order valence-corrected chi connectivity index (χ0v) is 20.9. The van der Waals surface area contributed by atoms with Gasteiger partial charge in [-0.05, 0) is 42.9 Å². The zero-order chi connectivity index (χ0) is 24.6. The fourth-order valence-electron chi connectivity index (χ4n) is 4.48. The molecule has 0 radical (unpaired) electrons. The number of piperidine rings is 1. The van der Waals surface area contributed by atoms with Crippen LogP contribution >= 0.6 is 11.3 Å². The smallest absolute Gasteiger partial charge is 0.263 e. The van der Waals surface area contributed by atoms with Gasteiger partial charge in [-0.3, -0.25) is 14.2 Å². The van der Waals surface area contributed by atoms with E-state index in [1.807, 2.05) is 13.8 Å². The molecule has 1 amide bonds. The number of thiophene rings is 1. The number of aromatic nitrogens is 2. The molecular formula is C23H27FN4O4S2. The van der Waals surface area contributed by atoms with Crippen LogP contribution in [0, 0.1) is 24.6 Å². The van der Waals surface area contributed by atoms with Crippen LogP contribution in [0.2, 0.25) is 0 Å². The minimum atomic E-state index is -3.90. The summed E-state index contributed by atoms with van der Waals surface area (Å²) < 4.78 is 42.8. The van der Waals surface area contributed by atoms with Gasteiger partial charge in [0, 0.05) is 24.5 Å². The quantitative estimate of drug-likeness (QED) is 0.554. The second-order valence-corrected chi connectivity index (χ2v) is 12.1. The number of carbonyl (C=O) groups excluding carboxylic acids is 1. The molecule has 11 heteroatoms. The van der Waals surface area contributed by atoms with E-state index in [4.69, 9.17) is 0 Å². The fourth-order valence-corrected chi connectivity index (χ4v) is 7.83. The van der Waals surface area contributed by atoms with Crippen molar-refractivity contribution in [3.8, 4) is 0 Å². The van der Waals surface area contributed by atoms with Gasteiger partial charge >= 0.3 is 0 Å². The van der Waals surface area contributed by atoms with Gasteiger partial charge in [0.1, 0.15) is 22.1 Å². The Morgan fingerprint density at radius 2 is 1.85 bits per heavy atom. The molecule has 1 fully saturated rings. The number of hydrogen-bond donors (Lipinski definition) is 1. The largest absolute Gasteiger partial charge is 0.350 e. The van der Waals surface area contributed by atoms with Crippen molar-refractivity contribution >= 4 is 37.5 Å². The highest BCUT2D eigenvalue weighted by Gasteiger charge is 2.35. The van der Waals surface area contributed by atoms with Crippen molar-refractivity contribution in [3.63, 3.8) is 0 Å². The summed E-state index contributed by atoms with van der Waals surface area (Å²) in [7, 11) is -3.90. The van der Waals surface area contributed by atoms with Crippen molar-refractivity contribution in [3.05, 3.63) is 57.2 Å². The molecule has 0 aliphatic carbocycles. The van der Waals surface area contributed by atoms with Crippen LogP contribution < -0.4 is 10.9 Å². The molecule has 3 aromatic rings. The van der Waals surface area contributed by atoms with E-state index in [1.165, 1.54) is 22.8 Å². The van der Waals surface area contributed by atoms with Gasteiger partial charge in [-0.15, -0.1) is 11.3 Å². The molecule has 1 aliphatic rings. The first-order chi connectivity index (χ1) is 16.1. The molecule has 1 aromatic carbocycles. The summed E-state index contributed by atoms with van der Waals surface area (Å²) in [6.45, 7) is 6.40. The lowest BCUT2D eigenvalue weighted by molar-refractivity contribution is -0.121. The number of nitrogens with zero attached hydrogens (tertiary/aromatic N) is 3. The van der Waals surface area contributed by atoms with Gasteiger partial charge in [-0.2, -0.15) is 4.31 Å². The minimum absolute atomic E-state index is 0.00706. The lowest BCUT2D eigenvalue weighted by Gasteiger charge is -2.34. The Labute approximate surface area is 201 Å². The van der Waals surface area contributed by atoms with Crippen LogP contribution in [0.5, 0.6) is 0 Å². The van der Waals surface area contributed by atoms with Gasteiger partial charge < -0.3 is 5.32 Å². The third-order valence-corrected chi connectivity index (χ3v) is 9.10. The first-order valence-corrected chi connectivity index (χ1v) is 13.3. The normalized spacial score (nSPS) is 19.4. The van der Waals surface area contributed by atoms with Crippen LogP contribution in [0.3, 0.4) is 0 Å². The zero-order valence-electron chi connectivity index (χ0n) is 19.2. The van der Waals surface area contributed by atoms with E-state index >= 15 is 0 Å². The topological polar surface area (TPSA) is 101 Å². The first kappa shape index (κ1) is 24.5. The average Bonchev–Trinajstić information content (AvgIpc) is 3.12. The number of nitrogens with one attached hydrogen (secondary N) is 1. The number of sulfonamides is 1. The second-order valence-electron chi connectivity index (χ2n) is 9.02. The second kappa shape index (κ2) is 9.55. The molecule has 34 heavy (non-hydrogen) atoms. The maximum Gasteiger partial charge on any atom is 0.263 e. The monoisotopic (exact) mass is 506 g/mol. The first-order valence-electron chi connectivity index (χ1n) is 11.1. The summed E-state index contributed by atoms with van der Waals surface area (Å²) in [5, 5.41) is 2.71. The molecule has 2 aromatic heterocycles. The number of fused-ring (bicyclic) bond motifs is 1. The van der Waals surface area contributed by atoms with Gasteiger partial charge in [-0.1, -0.05) is 26.0 Å². The maximum atomic E-state index is 13.6. The minimum Gasteiger partial charge on any atom is -0.350 e. The molecule has 1 N–H and O–H groups in total. The summed E-state index contributed by atoms with van der Waals surface area (Å²) in [5.74, 6) is -0.361. The predicted octanol–water partition coefficient (Wildman–Crippen LogP) is 2.89. The van der Waals surface area contributed by atoms with Crippen molar-refractivity contribution in [2.24, 2.45) is 11.8 Å². The van der Waals surface area contributed by atoms with Crippen molar-refractivity contribution in [2.75, 3.05) is 13.1 Å². The Morgan fingerprint density at radius 1 is 1.21 bits per heavy atom. The number of carbonyl (C=O) groups is 1. The summed E-state index contributed by atoms with van der Waals surface area (Å²) in [4.78, 5) is 30.8. The molecule has 182 valence electrons. The van der Waals surface area contributed by atoms with Crippen LogP contribution in [0.4, 0.5) is 4.39 Å². The third-order valence-electron chi connectivity index (χ3n) is 5.95. The Hall–Kier alpha value is -2.63. The van der Waals surface area contributed by atoms with E-state index in [9.17, 15) is 22.4 Å². The van der Waals surface area contributed by atoms with E-state index in [2.05, 4.69) is 10.3 Å². The lowest BCUT2D eigenvalue weighted by Crippen LogP contribution is -2.43. The Kier molecular flexibility index (Phi) is 6.88. The number of halogens is 1. The van der Waals surface area contributed by atoms with E-state index in [1.54, 1.807) is 19.1 Å². The summed E-state index contributed by atoms with van der Waals surface area (Å²) in [6.07, 6.45) is 2.22. The number of amides is 1. The van der Waals surface area contributed by atoms with E-state index in [0.717, 1.165) is 22.3 Å². The number of rotatable bonds is 6. The average molecular weight is 507 g/mol. The molecule has 3 heterocycles. The highest BCUT2D eigenvalue weighted by Crippen LogP contribution is 2.35. The van der Waals surface area contributed by atoms with Crippen molar-refractivity contribution < 1.29 is 17.6 Å². The maximum absolute atomic E-state index is 13.6. The predicted molar refractivity (Wildman–Crippen MR) is 129 cm³/mol. The summed E-state index contributed by atoms with van der Waals surface area (Å²) in [5.41, 5.74) is 0.144. The fraction of sp³-hybridized carbons (Fsp3) is 0.435. The Balaban J connectivity index is 1.62. The summed E-state index contributed by atoms with van der Waals surface area (Å²) in [6, 6.07) is 5.72. The van der Waals surface area contributed by atoms with Crippen LogP contribution in [-0.2, 0) is 27.9 Å². The molecule has 2 atom stereocenters. The summed E-state index contributed by atoms with van der Waals surface area (Å²) >= 11 is 1.16. The molecule has 0 spiro atoms. The molecule has 4 rings (SSSR count). The van der Waals surface area contributed by atoms with Gasteiger partial charge in [0.25, 0.3) is 5.56 Å². The van der Waals surface area contributed by atoms with Crippen molar-refractivity contribution in [2.45, 2.75) is 45.2 Å². The SMILES string of the molecule is Cc1sc2ncn(CC(=O)NCc3ccc(F)cc3)c(=O)c2c1S(=O)(=O)N1C[C@H](C)C[C@H](C)C1. The third kappa shape index (κ3) is 4.91. The number of benzene rings is 1. The number of aryl methyl sites for hydroxylation is 1. The van der Waals surface area contributed by atoms with E-state index in [-0.39, 0.29) is 41.0 Å². The van der Waals surface area contributed by atoms with Crippen LogP contribution in [-0.4, -0.2) is 41.3 Å². The molecule has 0 unspecified atom stereocenters. The standard InChI is InChI=1S/C23H27FN4O4S2/c1-14-8-15(2)11-28(10-14)34(31,32)21-16(3)33-22-20(21)23(30)27(13-26-22)12-19(29)25-9-17-4-6-18(24)7-5-17/h4-7,13-15H,8-12H2,1-3H3,(H,25,29)/t14-,15+. The molecule has 0 bridgehead atoms. The van der Waals surface area contributed by atoms with E-state index < -0.39 is 21.5 Å². The van der Waals surface area contributed by atoms with Gasteiger partial charge in [-0.25, -0.2) is 17.8 Å². The van der Waals surface area contributed by atoms with Crippen LogP contribution in [0.25, 0.3) is 10.2 Å². The van der Waals surface area contributed by atoms with Crippen LogP contribution in [0.15, 0.2) is 40.3 Å². The van der Waals surface area contributed by atoms with Crippen molar-refractivity contribution in [1.82, 2.24) is 19.2 Å². The van der Waals surface area contributed by atoms with Gasteiger partial charge in [0.2, 0.25) is 15.9 Å².